The summed E-state index contributed by atoms with van der Waals surface area (Å²) < 4.78 is 5.66. The Labute approximate surface area is 230 Å². The highest BCUT2D eigenvalue weighted by atomic mass is 35.5. The number of fused-ring (bicyclic) bond motifs is 1. The van der Waals surface area contributed by atoms with Gasteiger partial charge in [-0.1, -0.05) is 24.6 Å². The minimum atomic E-state index is -0.278. The Morgan fingerprint density at radius 2 is 1.97 bits per heavy atom. The second-order valence-corrected chi connectivity index (χ2v) is 10.0. The van der Waals surface area contributed by atoms with Gasteiger partial charge in [-0.05, 0) is 82.1 Å². The van der Waals surface area contributed by atoms with Crippen molar-refractivity contribution >= 4 is 17.5 Å². The summed E-state index contributed by atoms with van der Waals surface area (Å²) in [6.07, 6.45) is 3.07. The number of carbonyl (C=O) groups is 1. The van der Waals surface area contributed by atoms with Gasteiger partial charge in [0.25, 0.3) is 5.91 Å². The Morgan fingerprint density at radius 3 is 2.66 bits per heavy atom. The van der Waals surface area contributed by atoms with Crippen LogP contribution in [0.3, 0.4) is 0 Å². The predicted octanol–water partition coefficient (Wildman–Crippen LogP) is 5.63. The average molecular weight is 532 g/mol. The van der Waals surface area contributed by atoms with Gasteiger partial charge in [-0.25, -0.2) is 4.98 Å². The Morgan fingerprint density at radius 1 is 1.21 bits per heavy atom. The Hall–Kier alpha value is -3.47. The number of likely N-dealkylation sites (N-methyl/N-ethyl adjacent to an activating group) is 1. The van der Waals surface area contributed by atoms with E-state index in [4.69, 9.17) is 16.3 Å². The highest BCUT2D eigenvalue weighted by Crippen LogP contribution is 2.36. The molecule has 0 radical (unpaired) electrons. The van der Waals surface area contributed by atoms with Crippen molar-refractivity contribution in [3.8, 4) is 22.9 Å². The smallest absolute Gasteiger partial charge is 0.254 e. The van der Waals surface area contributed by atoms with Crippen molar-refractivity contribution in [3.63, 3.8) is 0 Å². The Bertz CT molecular complexity index is 1380. The molecule has 8 heteroatoms. The molecule has 0 spiro atoms. The molecule has 0 saturated carbocycles. The summed E-state index contributed by atoms with van der Waals surface area (Å²) >= 11 is 6.15. The van der Waals surface area contributed by atoms with Gasteiger partial charge >= 0.3 is 0 Å². The minimum absolute atomic E-state index is 0.0191. The van der Waals surface area contributed by atoms with Crippen molar-refractivity contribution in [1.82, 2.24) is 19.8 Å². The fourth-order valence-electron chi connectivity index (χ4n) is 4.93. The topological polar surface area (TPSA) is 82.3 Å². The van der Waals surface area contributed by atoms with Crippen LogP contribution in [0.1, 0.15) is 65.2 Å². The van der Waals surface area contributed by atoms with Gasteiger partial charge in [-0.3, -0.25) is 9.78 Å². The molecule has 3 heterocycles. The maximum Gasteiger partial charge on any atom is 0.254 e. The maximum absolute atomic E-state index is 14.0. The lowest BCUT2D eigenvalue weighted by Gasteiger charge is -2.35. The van der Waals surface area contributed by atoms with Gasteiger partial charge in [0, 0.05) is 42.2 Å². The van der Waals surface area contributed by atoms with Crippen molar-refractivity contribution in [2.75, 3.05) is 33.3 Å². The van der Waals surface area contributed by atoms with Gasteiger partial charge in [0.1, 0.15) is 22.5 Å². The zero-order valence-corrected chi connectivity index (χ0v) is 23.5. The summed E-state index contributed by atoms with van der Waals surface area (Å²) in [7, 11) is 2.10. The number of pyridine rings is 2. The zero-order chi connectivity index (χ0) is 27.4. The van der Waals surface area contributed by atoms with Crippen molar-refractivity contribution < 1.29 is 9.53 Å². The summed E-state index contributed by atoms with van der Waals surface area (Å²) in [4.78, 5) is 27.1. The largest absolute Gasteiger partial charge is 0.492 e. The van der Waals surface area contributed by atoms with Gasteiger partial charge in [0.2, 0.25) is 0 Å². The minimum Gasteiger partial charge on any atom is -0.492 e. The highest BCUT2D eigenvalue weighted by molar-refractivity contribution is 6.29. The van der Waals surface area contributed by atoms with Crippen molar-refractivity contribution in [1.29, 1.82) is 5.26 Å². The molecule has 1 aliphatic heterocycles. The van der Waals surface area contributed by atoms with Crippen LogP contribution >= 0.6 is 11.6 Å². The second-order valence-electron chi connectivity index (χ2n) is 9.66. The van der Waals surface area contributed by atoms with Crippen LogP contribution in [-0.2, 0) is 12.8 Å². The molecule has 0 aliphatic carbocycles. The Kier molecular flexibility index (Phi) is 8.65. The number of benzene rings is 1. The number of aromatic nitrogens is 2. The normalized spacial score (nSPS) is 13.8. The van der Waals surface area contributed by atoms with E-state index < -0.39 is 0 Å². The quantitative estimate of drug-likeness (QED) is 0.333. The molecule has 4 rings (SSSR count). The SMILES string of the molecule is CCOc1cc(C(C)N2CCc3c(cc(CCN(C)CC)cc3-c3ccc(Cl)nc3C)C2=O)ncc1C#N. The number of hydrogen-bond donors (Lipinski definition) is 0. The van der Waals surface area contributed by atoms with Gasteiger partial charge < -0.3 is 14.5 Å². The lowest BCUT2D eigenvalue weighted by Crippen LogP contribution is -2.40. The molecule has 7 nitrogen and oxygen atoms in total. The third-order valence-corrected chi connectivity index (χ3v) is 7.48. The molecule has 0 saturated heterocycles. The fraction of sp³-hybridized carbons (Fsp3) is 0.400. The van der Waals surface area contributed by atoms with Crippen molar-refractivity contribution in [2.45, 2.75) is 46.6 Å². The standard InChI is InChI=1S/C30H34ClN5O2/c1-6-35(5)12-10-21-14-25(23-8-9-29(31)34-19(23)3)24-11-13-36(30(37)26(24)15-21)20(4)27-16-28(38-7-2)22(17-32)18-33-27/h8-9,14-16,18,20H,6-7,10-13H2,1-5H3. The lowest BCUT2D eigenvalue weighted by atomic mass is 9.86. The molecular weight excluding hydrogens is 498 g/mol. The number of rotatable bonds is 9. The molecule has 1 aliphatic rings. The molecule has 38 heavy (non-hydrogen) atoms. The molecule has 1 aromatic carbocycles. The van der Waals surface area contributed by atoms with Gasteiger partial charge in [0.05, 0.1) is 18.3 Å². The number of halogens is 1. The Balaban J connectivity index is 1.74. The van der Waals surface area contributed by atoms with E-state index >= 15 is 0 Å². The van der Waals surface area contributed by atoms with E-state index in [-0.39, 0.29) is 11.9 Å². The average Bonchev–Trinajstić information content (AvgIpc) is 2.91. The summed E-state index contributed by atoms with van der Waals surface area (Å²) in [6, 6.07) is 11.7. The van der Waals surface area contributed by atoms with Crippen LogP contribution in [0.25, 0.3) is 11.1 Å². The van der Waals surface area contributed by atoms with Crippen LogP contribution in [0.5, 0.6) is 5.75 Å². The zero-order valence-electron chi connectivity index (χ0n) is 22.7. The first kappa shape index (κ1) is 27.6. The monoisotopic (exact) mass is 531 g/mol. The van der Waals surface area contributed by atoms with Crippen molar-refractivity contribution in [3.05, 3.63) is 75.3 Å². The fourth-order valence-corrected chi connectivity index (χ4v) is 5.12. The number of nitriles is 1. The van der Waals surface area contributed by atoms with Crippen LogP contribution in [0, 0.1) is 18.3 Å². The molecule has 3 aromatic rings. The number of aryl methyl sites for hydroxylation is 1. The molecule has 0 fully saturated rings. The first-order valence-electron chi connectivity index (χ1n) is 13.1. The number of hydrogen-bond acceptors (Lipinski definition) is 6. The maximum atomic E-state index is 14.0. The van der Waals surface area contributed by atoms with Crippen LogP contribution < -0.4 is 4.74 Å². The first-order valence-corrected chi connectivity index (χ1v) is 13.5. The van der Waals surface area contributed by atoms with E-state index in [9.17, 15) is 10.1 Å². The summed E-state index contributed by atoms with van der Waals surface area (Å²) in [5.74, 6) is 0.474. The van der Waals surface area contributed by atoms with Gasteiger partial charge in [-0.15, -0.1) is 0 Å². The first-order chi connectivity index (χ1) is 18.3. The van der Waals surface area contributed by atoms with Crippen LogP contribution in [-0.4, -0.2) is 59.0 Å². The van der Waals surface area contributed by atoms with Gasteiger partial charge in [0.15, 0.2) is 0 Å². The molecule has 0 N–H and O–H groups in total. The molecule has 2 aromatic heterocycles. The summed E-state index contributed by atoms with van der Waals surface area (Å²) in [6.45, 7) is 10.8. The predicted molar refractivity (Wildman–Crippen MR) is 150 cm³/mol. The van der Waals surface area contributed by atoms with E-state index in [0.29, 0.717) is 41.7 Å². The van der Waals surface area contributed by atoms with E-state index in [1.165, 1.54) is 6.20 Å². The third-order valence-electron chi connectivity index (χ3n) is 7.27. The lowest BCUT2D eigenvalue weighted by molar-refractivity contribution is 0.0669. The highest BCUT2D eigenvalue weighted by Gasteiger charge is 2.32. The third kappa shape index (κ3) is 5.67. The molecule has 1 amide bonds. The number of amides is 1. The number of nitrogens with zero attached hydrogens (tertiary/aromatic N) is 5. The van der Waals surface area contributed by atoms with E-state index in [0.717, 1.165) is 53.0 Å². The van der Waals surface area contributed by atoms with Crippen molar-refractivity contribution in [2.24, 2.45) is 0 Å². The summed E-state index contributed by atoms with van der Waals surface area (Å²) in [5, 5.41) is 9.86. The van der Waals surface area contributed by atoms with Gasteiger partial charge in [-0.2, -0.15) is 5.26 Å². The van der Waals surface area contributed by atoms with E-state index in [2.05, 4.69) is 47.0 Å². The summed E-state index contributed by atoms with van der Waals surface area (Å²) in [5.41, 5.74) is 6.86. The van der Waals surface area contributed by atoms with E-state index in [1.54, 1.807) is 12.1 Å². The van der Waals surface area contributed by atoms with E-state index in [1.807, 2.05) is 31.7 Å². The van der Waals surface area contributed by atoms with Crippen LogP contribution in [0.15, 0.2) is 36.5 Å². The molecule has 1 atom stereocenters. The number of carbonyl (C=O) groups excluding carboxylic acids is 1. The van der Waals surface area contributed by atoms with Crippen LogP contribution in [0.2, 0.25) is 5.15 Å². The molecule has 1 unspecified atom stereocenters. The number of ether oxygens (including phenoxy) is 1. The second kappa shape index (κ2) is 11.9. The molecule has 198 valence electrons. The van der Waals surface area contributed by atoms with Crippen LogP contribution in [0.4, 0.5) is 0 Å². The molecule has 0 bridgehead atoms. The molecular formula is C30H34ClN5O2.